The summed E-state index contributed by atoms with van der Waals surface area (Å²) in [7, 11) is 0. The zero-order chi connectivity index (χ0) is 19.7. The molecule has 146 valence electrons. The summed E-state index contributed by atoms with van der Waals surface area (Å²) in [4.78, 5) is 22.7. The van der Waals surface area contributed by atoms with Crippen molar-refractivity contribution in [1.82, 2.24) is 14.9 Å². The van der Waals surface area contributed by atoms with Gasteiger partial charge in [-0.1, -0.05) is 24.3 Å². The number of aromatic amines is 1. The number of imidazole rings is 1. The number of H-pyrrole nitrogens is 1. The van der Waals surface area contributed by atoms with Crippen LogP contribution in [-0.4, -0.2) is 40.5 Å². The molecule has 2 heterocycles. The number of hydrogen-bond acceptors (Lipinski definition) is 3. The van der Waals surface area contributed by atoms with Crippen LogP contribution in [0.3, 0.4) is 0 Å². The van der Waals surface area contributed by atoms with E-state index in [4.69, 9.17) is 9.72 Å². The average Bonchev–Trinajstić information content (AvgIpc) is 3.15. The molecule has 1 aliphatic heterocycles. The van der Waals surface area contributed by atoms with E-state index in [1.807, 2.05) is 43.0 Å². The number of aromatic nitrogens is 2. The van der Waals surface area contributed by atoms with E-state index in [-0.39, 0.29) is 12.5 Å². The summed E-state index contributed by atoms with van der Waals surface area (Å²) in [6.07, 6.45) is 1.85. The topological polar surface area (TPSA) is 58.2 Å². The van der Waals surface area contributed by atoms with E-state index in [0.717, 1.165) is 59.7 Å². The van der Waals surface area contributed by atoms with E-state index in [9.17, 15) is 4.79 Å². The number of carbonyl (C=O) groups excluding carboxylic acids is 1. The molecule has 1 saturated heterocycles. The van der Waals surface area contributed by atoms with Crippen LogP contribution in [0.2, 0.25) is 0 Å². The highest BCUT2D eigenvalue weighted by Crippen LogP contribution is 2.28. The molecular weight excluding hydrogens is 350 g/mol. The molecule has 1 amide bonds. The molecule has 0 aliphatic carbocycles. The number of rotatable bonds is 4. The summed E-state index contributed by atoms with van der Waals surface area (Å²) < 4.78 is 5.91. The Kier molecular flexibility index (Phi) is 5.07. The molecule has 28 heavy (non-hydrogen) atoms. The molecule has 1 aromatic heterocycles. The lowest BCUT2D eigenvalue weighted by atomic mass is 9.96. The maximum Gasteiger partial charge on any atom is 0.260 e. The number of piperidine rings is 1. The van der Waals surface area contributed by atoms with Crippen molar-refractivity contribution in [2.24, 2.45) is 0 Å². The van der Waals surface area contributed by atoms with Crippen LogP contribution in [-0.2, 0) is 4.79 Å². The molecule has 0 saturated carbocycles. The fourth-order valence-electron chi connectivity index (χ4n) is 3.94. The molecule has 2 aromatic carbocycles. The predicted molar refractivity (Wildman–Crippen MR) is 111 cm³/mol. The Morgan fingerprint density at radius 2 is 1.82 bits per heavy atom. The van der Waals surface area contributed by atoms with Gasteiger partial charge in [0.25, 0.3) is 5.91 Å². The van der Waals surface area contributed by atoms with Crippen LogP contribution in [0.25, 0.3) is 11.0 Å². The van der Waals surface area contributed by atoms with E-state index < -0.39 is 0 Å². The second-order valence-electron chi connectivity index (χ2n) is 7.74. The number of ether oxygens (including phenoxy) is 1. The number of fused-ring (bicyclic) bond motifs is 1. The van der Waals surface area contributed by atoms with Crippen molar-refractivity contribution >= 4 is 16.9 Å². The van der Waals surface area contributed by atoms with Crippen LogP contribution in [0.1, 0.15) is 41.3 Å². The van der Waals surface area contributed by atoms with Gasteiger partial charge in [-0.25, -0.2) is 4.98 Å². The normalized spacial score (nSPS) is 15.2. The molecule has 5 nitrogen and oxygen atoms in total. The minimum atomic E-state index is 0.0587. The van der Waals surface area contributed by atoms with Gasteiger partial charge in [0.15, 0.2) is 6.61 Å². The van der Waals surface area contributed by atoms with Crippen LogP contribution >= 0.6 is 0 Å². The summed E-state index contributed by atoms with van der Waals surface area (Å²) >= 11 is 0. The third-order valence-electron chi connectivity index (χ3n) is 5.86. The highest BCUT2D eigenvalue weighted by atomic mass is 16.5. The van der Waals surface area contributed by atoms with Crippen LogP contribution in [0, 0.1) is 20.8 Å². The van der Waals surface area contributed by atoms with Crippen LogP contribution < -0.4 is 4.74 Å². The number of carbonyl (C=O) groups is 1. The number of benzene rings is 2. The first-order valence-electron chi connectivity index (χ1n) is 9.95. The first kappa shape index (κ1) is 18.5. The van der Waals surface area contributed by atoms with E-state index in [1.165, 1.54) is 5.56 Å². The molecule has 3 aromatic rings. The van der Waals surface area contributed by atoms with Gasteiger partial charge in [-0.2, -0.15) is 0 Å². The highest BCUT2D eigenvalue weighted by molar-refractivity contribution is 5.78. The molecule has 4 rings (SSSR count). The van der Waals surface area contributed by atoms with Gasteiger partial charge in [0, 0.05) is 19.0 Å². The Hall–Kier alpha value is -2.82. The summed E-state index contributed by atoms with van der Waals surface area (Å²) in [6, 6.07) is 12.2. The van der Waals surface area contributed by atoms with E-state index in [1.54, 1.807) is 0 Å². The molecule has 0 atom stereocenters. The summed E-state index contributed by atoms with van der Waals surface area (Å²) in [6.45, 7) is 7.71. The fourth-order valence-corrected chi connectivity index (χ4v) is 3.94. The fraction of sp³-hybridized carbons (Fsp3) is 0.391. The molecule has 5 heteroatoms. The highest BCUT2D eigenvalue weighted by Gasteiger charge is 2.26. The Labute approximate surface area is 165 Å². The maximum atomic E-state index is 12.6. The average molecular weight is 377 g/mol. The SMILES string of the molecule is Cc1ccc(C)c(OCC(=O)N2CCC(c3nc4ccccc4[nH]3)CC2)c1C. The summed E-state index contributed by atoms with van der Waals surface area (Å²) in [5, 5.41) is 0. The van der Waals surface area contributed by atoms with Gasteiger partial charge in [-0.05, 0) is 62.4 Å². The van der Waals surface area contributed by atoms with Crippen molar-refractivity contribution in [2.45, 2.75) is 39.5 Å². The third kappa shape index (κ3) is 3.61. The first-order chi connectivity index (χ1) is 13.5. The molecule has 1 N–H and O–H groups in total. The lowest BCUT2D eigenvalue weighted by Crippen LogP contribution is -2.40. The van der Waals surface area contributed by atoms with Crippen LogP contribution in [0.15, 0.2) is 36.4 Å². The second-order valence-corrected chi connectivity index (χ2v) is 7.74. The number of nitrogens with zero attached hydrogens (tertiary/aromatic N) is 2. The Bertz CT molecular complexity index is 967. The minimum absolute atomic E-state index is 0.0587. The van der Waals surface area contributed by atoms with Crippen LogP contribution in [0.4, 0.5) is 0 Å². The molecule has 0 radical (unpaired) electrons. The smallest absolute Gasteiger partial charge is 0.260 e. The number of likely N-dealkylation sites (tertiary alicyclic amines) is 1. The van der Waals surface area contributed by atoms with Gasteiger partial charge in [0.1, 0.15) is 11.6 Å². The van der Waals surface area contributed by atoms with Crippen molar-refractivity contribution in [2.75, 3.05) is 19.7 Å². The lowest BCUT2D eigenvalue weighted by Gasteiger charge is -2.31. The first-order valence-corrected chi connectivity index (χ1v) is 9.95. The number of aryl methyl sites for hydroxylation is 2. The van der Waals surface area contributed by atoms with Crippen molar-refractivity contribution in [3.05, 3.63) is 58.9 Å². The van der Waals surface area contributed by atoms with Gasteiger partial charge in [0.2, 0.25) is 0 Å². The minimum Gasteiger partial charge on any atom is -0.483 e. The third-order valence-corrected chi connectivity index (χ3v) is 5.86. The zero-order valence-corrected chi connectivity index (χ0v) is 16.8. The standard InChI is InChI=1S/C23H27N3O2/c1-15-8-9-16(2)22(17(15)3)28-14-21(27)26-12-10-18(11-13-26)23-24-19-6-4-5-7-20(19)25-23/h4-9,18H,10-14H2,1-3H3,(H,24,25). The number of hydrogen-bond donors (Lipinski definition) is 1. The summed E-state index contributed by atoms with van der Waals surface area (Å²) in [5.74, 6) is 2.31. The van der Waals surface area contributed by atoms with Crippen molar-refractivity contribution in [3.63, 3.8) is 0 Å². The van der Waals surface area contributed by atoms with Crippen molar-refractivity contribution in [3.8, 4) is 5.75 Å². The van der Waals surface area contributed by atoms with E-state index in [2.05, 4.69) is 24.0 Å². The van der Waals surface area contributed by atoms with Gasteiger partial charge in [0.05, 0.1) is 11.0 Å². The van der Waals surface area contributed by atoms with Gasteiger partial charge >= 0.3 is 0 Å². The van der Waals surface area contributed by atoms with Crippen LogP contribution in [0.5, 0.6) is 5.75 Å². The van der Waals surface area contributed by atoms with Crippen molar-refractivity contribution < 1.29 is 9.53 Å². The molecule has 0 spiro atoms. The Morgan fingerprint density at radius 1 is 1.11 bits per heavy atom. The van der Waals surface area contributed by atoms with Gasteiger partial charge < -0.3 is 14.6 Å². The second kappa shape index (κ2) is 7.66. The number of nitrogens with one attached hydrogen (secondary N) is 1. The molecular formula is C23H27N3O2. The molecule has 1 fully saturated rings. The Morgan fingerprint density at radius 3 is 2.57 bits per heavy atom. The molecule has 0 unspecified atom stereocenters. The van der Waals surface area contributed by atoms with E-state index in [0.29, 0.717) is 5.92 Å². The lowest BCUT2D eigenvalue weighted by molar-refractivity contribution is -0.134. The van der Waals surface area contributed by atoms with Gasteiger partial charge in [-0.3, -0.25) is 4.79 Å². The number of para-hydroxylation sites is 2. The largest absolute Gasteiger partial charge is 0.483 e. The number of amides is 1. The van der Waals surface area contributed by atoms with Crippen molar-refractivity contribution in [1.29, 1.82) is 0 Å². The molecule has 0 bridgehead atoms. The zero-order valence-electron chi connectivity index (χ0n) is 16.8. The Balaban J connectivity index is 1.35. The van der Waals surface area contributed by atoms with E-state index >= 15 is 0 Å². The maximum absolute atomic E-state index is 12.6. The molecule has 1 aliphatic rings. The summed E-state index contributed by atoms with van der Waals surface area (Å²) in [5.41, 5.74) is 5.44. The predicted octanol–water partition coefficient (Wildman–Crippen LogP) is 4.27. The quantitative estimate of drug-likeness (QED) is 0.738. The van der Waals surface area contributed by atoms with Gasteiger partial charge in [-0.15, -0.1) is 0 Å². The monoisotopic (exact) mass is 377 g/mol.